The number of nitrogens with one attached hydrogen (secondary N) is 3. The molecule has 11 heteroatoms. The Balaban J connectivity index is 1.37. The molecule has 3 N–H and O–H groups in total. The molecule has 0 spiro atoms. The van der Waals surface area contributed by atoms with Crippen molar-refractivity contribution in [3.05, 3.63) is 41.3 Å². The molecule has 2 aliphatic carbocycles. The molecule has 2 aliphatic rings. The number of hydrogen-bond donors (Lipinski definition) is 3. The van der Waals surface area contributed by atoms with Gasteiger partial charge in [-0.05, 0) is 69.6 Å². The third-order valence-corrected chi connectivity index (χ3v) is 7.38. The van der Waals surface area contributed by atoms with Crippen molar-refractivity contribution in [2.45, 2.75) is 64.0 Å². The predicted molar refractivity (Wildman–Crippen MR) is 141 cm³/mol. The van der Waals surface area contributed by atoms with Crippen molar-refractivity contribution >= 4 is 22.8 Å². The summed E-state index contributed by atoms with van der Waals surface area (Å²) < 4.78 is 38.0. The number of hydrogen-bond acceptors (Lipinski definition) is 6. The molecule has 39 heavy (non-hydrogen) atoms. The van der Waals surface area contributed by atoms with E-state index in [1.54, 1.807) is 13.0 Å². The molecule has 0 atom stereocenters. The lowest BCUT2D eigenvalue weighted by molar-refractivity contribution is -0.125. The molecule has 0 radical (unpaired) electrons. The maximum Gasteiger partial charge on any atom is 0.263 e. The smallest absolute Gasteiger partial charge is 0.263 e. The van der Waals surface area contributed by atoms with E-state index in [2.05, 4.69) is 25.6 Å². The topological polar surface area (TPSA) is 118 Å². The van der Waals surface area contributed by atoms with Crippen LogP contribution in [0.2, 0.25) is 0 Å². The fraction of sp³-hybridized carbons (Fsp3) is 0.500. The number of carbonyl (C=O) groups is 2. The van der Waals surface area contributed by atoms with E-state index < -0.39 is 6.43 Å². The Kier molecular flexibility index (Phi) is 8.06. The molecule has 0 unspecified atom stereocenters. The summed E-state index contributed by atoms with van der Waals surface area (Å²) in [5.41, 5.74) is 2.62. The Labute approximate surface area is 225 Å². The molecule has 0 aliphatic heterocycles. The average Bonchev–Trinajstić information content (AvgIpc) is 3.68. The summed E-state index contributed by atoms with van der Waals surface area (Å²) in [6.45, 7) is 2.33. The average molecular weight is 542 g/mol. The van der Waals surface area contributed by atoms with Crippen LogP contribution in [0.5, 0.6) is 5.75 Å². The number of rotatable bonds is 10. The minimum atomic E-state index is -2.64. The van der Waals surface area contributed by atoms with Gasteiger partial charge in [0.05, 0.1) is 17.7 Å². The van der Waals surface area contributed by atoms with Gasteiger partial charge in [0.15, 0.2) is 0 Å². The number of ether oxygens (including phenoxy) is 2. The molecule has 208 valence electrons. The molecule has 3 aromatic rings. The van der Waals surface area contributed by atoms with Crippen molar-refractivity contribution in [3.8, 4) is 17.0 Å². The zero-order valence-electron chi connectivity index (χ0n) is 22.1. The van der Waals surface area contributed by atoms with Gasteiger partial charge in [-0.3, -0.25) is 9.59 Å². The number of nitrogens with zero attached hydrogens (tertiary/aromatic N) is 2. The maximum absolute atomic E-state index is 13.6. The molecule has 1 aromatic carbocycles. The van der Waals surface area contributed by atoms with Crippen molar-refractivity contribution < 1.29 is 27.8 Å². The molecular weight excluding hydrogens is 508 g/mol. The Morgan fingerprint density at radius 3 is 2.46 bits per heavy atom. The van der Waals surface area contributed by atoms with Gasteiger partial charge in [-0.1, -0.05) is 0 Å². The normalized spacial score (nSPS) is 19.3. The van der Waals surface area contributed by atoms with Crippen molar-refractivity contribution in [3.63, 3.8) is 0 Å². The number of benzene rings is 1. The largest absolute Gasteiger partial charge is 0.493 e. The van der Waals surface area contributed by atoms with E-state index in [0.717, 1.165) is 38.5 Å². The number of aromatic nitrogens is 3. The van der Waals surface area contributed by atoms with Gasteiger partial charge in [0, 0.05) is 36.0 Å². The lowest BCUT2D eigenvalue weighted by Gasteiger charge is -2.29. The summed E-state index contributed by atoms with van der Waals surface area (Å²) in [4.78, 5) is 37.2. The number of alkyl halides is 2. The van der Waals surface area contributed by atoms with Gasteiger partial charge >= 0.3 is 0 Å². The van der Waals surface area contributed by atoms with Crippen LogP contribution in [0.3, 0.4) is 0 Å². The second-order valence-electron chi connectivity index (χ2n) is 10.4. The van der Waals surface area contributed by atoms with E-state index in [1.807, 2.05) is 0 Å². The molecule has 0 bridgehead atoms. The van der Waals surface area contributed by atoms with Gasteiger partial charge in [0.25, 0.3) is 12.3 Å². The third-order valence-electron chi connectivity index (χ3n) is 7.38. The van der Waals surface area contributed by atoms with E-state index in [4.69, 9.17) is 9.47 Å². The van der Waals surface area contributed by atoms with Gasteiger partial charge in [-0.15, -0.1) is 0 Å². The fourth-order valence-corrected chi connectivity index (χ4v) is 5.13. The van der Waals surface area contributed by atoms with Crippen LogP contribution in [-0.4, -0.2) is 59.2 Å². The lowest BCUT2D eigenvalue weighted by Crippen LogP contribution is -2.44. The van der Waals surface area contributed by atoms with Crippen LogP contribution in [0.1, 0.15) is 66.6 Å². The Bertz CT molecular complexity index is 1350. The predicted octanol–water partition coefficient (Wildman–Crippen LogP) is 4.46. The van der Waals surface area contributed by atoms with E-state index in [9.17, 15) is 18.4 Å². The Morgan fingerprint density at radius 1 is 1.08 bits per heavy atom. The first-order chi connectivity index (χ1) is 18.8. The first-order valence-corrected chi connectivity index (χ1v) is 13.3. The van der Waals surface area contributed by atoms with Crippen LogP contribution in [0.4, 0.5) is 8.78 Å². The zero-order chi connectivity index (χ0) is 27.5. The highest BCUT2D eigenvalue weighted by Crippen LogP contribution is 2.38. The molecule has 9 nitrogen and oxygen atoms in total. The molecule has 2 heterocycles. The highest BCUT2D eigenvalue weighted by atomic mass is 19.3. The van der Waals surface area contributed by atoms with Gasteiger partial charge < -0.3 is 25.1 Å². The highest BCUT2D eigenvalue weighted by molar-refractivity contribution is 6.09. The molecule has 0 saturated heterocycles. The second-order valence-corrected chi connectivity index (χ2v) is 10.4. The van der Waals surface area contributed by atoms with Crippen LogP contribution in [0, 0.1) is 12.8 Å². The van der Waals surface area contributed by atoms with E-state index in [1.165, 1.54) is 25.6 Å². The molecule has 5 rings (SSSR count). The van der Waals surface area contributed by atoms with Gasteiger partial charge in [0.1, 0.15) is 29.9 Å². The van der Waals surface area contributed by atoms with E-state index >= 15 is 0 Å². The Hall–Kier alpha value is -3.60. The number of aromatic amines is 1. The summed E-state index contributed by atoms with van der Waals surface area (Å²) in [7, 11) is 1.48. The third kappa shape index (κ3) is 6.19. The number of fused-ring (bicyclic) bond motifs is 1. The first kappa shape index (κ1) is 27.0. The lowest BCUT2D eigenvalue weighted by atomic mass is 9.91. The fourth-order valence-electron chi connectivity index (χ4n) is 5.13. The van der Waals surface area contributed by atoms with Crippen molar-refractivity contribution in [1.82, 2.24) is 25.6 Å². The van der Waals surface area contributed by atoms with Crippen molar-refractivity contribution in [2.75, 3.05) is 20.3 Å². The number of H-pyrrole nitrogens is 1. The molecular formula is C28H33F2N5O4. The number of aryl methyl sites for hydroxylation is 1. The quantitative estimate of drug-likeness (QED) is 0.349. The van der Waals surface area contributed by atoms with Crippen LogP contribution in [0.15, 0.2) is 24.5 Å². The molecule has 2 saturated carbocycles. The zero-order valence-corrected chi connectivity index (χ0v) is 22.1. The standard InChI is InChI=1S/C28H33F2N5O4/c1-15-23(28(37)35-19-8-6-18(7-9-19)34-22(36)13-38-2)25-26(33-15)24(31-14-32-25)20-11-17(27(29)30)5-10-21(20)39-12-16-3-4-16/h5,10-11,14,16,18-19,27,33H,3-4,6-9,12-13H2,1-2H3,(H,34,36)(H,35,37)/t18-,19-. The number of halogens is 2. The van der Waals surface area contributed by atoms with Crippen LogP contribution >= 0.6 is 0 Å². The monoisotopic (exact) mass is 541 g/mol. The van der Waals surface area contributed by atoms with Crippen LogP contribution in [-0.2, 0) is 9.53 Å². The van der Waals surface area contributed by atoms with Crippen molar-refractivity contribution in [1.29, 1.82) is 0 Å². The highest BCUT2D eigenvalue weighted by Gasteiger charge is 2.28. The molecule has 2 amide bonds. The SMILES string of the molecule is COCC(=O)N[C@H]1CC[C@H](NC(=O)c2c(C)[nH]c3c(-c4cc(C(F)F)ccc4OCC4CC4)ncnc23)CC1. The maximum atomic E-state index is 13.6. The van der Waals surface area contributed by atoms with Crippen LogP contribution < -0.4 is 15.4 Å². The summed E-state index contributed by atoms with van der Waals surface area (Å²) in [5, 5.41) is 6.06. The second kappa shape index (κ2) is 11.6. The van der Waals surface area contributed by atoms with E-state index in [-0.39, 0.29) is 36.1 Å². The summed E-state index contributed by atoms with van der Waals surface area (Å²) in [6.07, 6.45) is 3.86. The molecule has 2 aromatic heterocycles. The first-order valence-electron chi connectivity index (χ1n) is 13.3. The van der Waals surface area contributed by atoms with Gasteiger partial charge in [0.2, 0.25) is 5.91 Å². The summed E-state index contributed by atoms with van der Waals surface area (Å²) in [5.74, 6) is 0.550. The minimum Gasteiger partial charge on any atom is -0.493 e. The van der Waals surface area contributed by atoms with Gasteiger partial charge in [-0.25, -0.2) is 18.7 Å². The molecule has 2 fully saturated rings. The number of carbonyl (C=O) groups excluding carboxylic acids is 2. The van der Waals surface area contributed by atoms with Crippen molar-refractivity contribution in [2.24, 2.45) is 5.92 Å². The summed E-state index contributed by atoms with van der Waals surface area (Å²) >= 11 is 0. The van der Waals surface area contributed by atoms with Crippen LogP contribution in [0.25, 0.3) is 22.3 Å². The number of amides is 2. The minimum absolute atomic E-state index is 0.0287. The number of methoxy groups -OCH3 is 1. The van der Waals surface area contributed by atoms with E-state index in [0.29, 0.717) is 51.8 Å². The van der Waals surface area contributed by atoms with Gasteiger partial charge in [-0.2, -0.15) is 0 Å². The Morgan fingerprint density at radius 2 is 1.79 bits per heavy atom. The summed E-state index contributed by atoms with van der Waals surface area (Å²) in [6, 6.07) is 4.35.